The van der Waals surface area contributed by atoms with Crippen LogP contribution in [0.4, 0.5) is 0 Å². The highest BCUT2D eigenvalue weighted by Crippen LogP contribution is 2.33. The van der Waals surface area contributed by atoms with E-state index in [1.807, 2.05) is 31.2 Å². The smallest absolute Gasteiger partial charge is 0.337 e. The van der Waals surface area contributed by atoms with Gasteiger partial charge in [-0.15, -0.1) is 0 Å². The lowest BCUT2D eigenvalue weighted by molar-refractivity contribution is 0.0600. The van der Waals surface area contributed by atoms with Crippen LogP contribution in [0.2, 0.25) is 0 Å². The van der Waals surface area contributed by atoms with Crippen molar-refractivity contribution < 1.29 is 17.9 Å². The zero-order valence-electron chi connectivity index (χ0n) is 17.8. The van der Waals surface area contributed by atoms with Gasteiger partial charge in [0.2, 0.25) is 10.0 Å². The fraction of sp³-hybridized carbons (Fsp3) is 0.375. The van der Waals surface area contributed by atoms with Gasteiger partial charge in [0.15, 0.2) is 0 Å². The van der Waals surface area contributed by atoms with Crippen molar-refractivity contribution in [1.29, 1.82) is 0 Å². The minimum Gasteiger partial charge on any atom is -0.465 e. The third-order valence-corrected chi connectivity index (χ3v) is 7.43. The van der Waals surface area contributed by atoms with Gasteiger partial charge in [0.05, 0.1) is 17.6 Å². The number of hydrogen-bond donors (Lipinski definition) is 0. The molecule has 1 aliphatic heterocycles. The number of hydrogen-bond acceptors (Lipinski definition) is 4. The molecule has 0 aliphatic carbocycles. The van der Waals surface area contributed by atoms with Crippen LogP contribution in [-0.2, 0) is 14.8 Å². The van der Waals surface area contributed by atoms with Crippen LogP contribution in [0.5, 0.6) is 0 Å². The fourth-order valence-corrected chi connectivity index (χ4v) is 5.14. The summed E-state index contributed by atoms with van der Waals surface area (Å²) < 4.78 is 32.8. The lowest BCUT2D eigenvalue weighted by Gasteiger charge is -2.31. The number of carbonyl (C=O) groups is 1. The zero-order chi connectivity index (χ0) is 21.7. The van der Waals surface area contributed by atoms with Crippen LogP contribution >= 0.6 is 0 Å². The molecule has 3 rings (SSSR count). The van der Waals surface area contributed by atoms with Crippen molar-refractivity contribution in [2.45, 2.75) is 44.4 Å². The van der Waals surface area contributed by atoms with Crippen LogP contribution in [0.15, 0.2) is 59.0 Å². The van der Waals surface area contributed by atoms with Crippen LogP contribution in [0.3, 0.4) is 0 Å². The predicted octanol–water partition coefficient (Wildman–Crippen LogP) is 4.82. The first-order chi connectivity index (χ1) is 14.4. The molecule has 0 radical (unpaired) electrons. The van der Waals surface area contributed by atoms with E-state index in [4.69, 9.17) is 4.74 Å². The lowest BCUT2D eigenvalue weighted by atomic mass is 9.91. The Morgan fingerprint density at radius 1 is 1.07 bits per heavy atom. The molecule has 160 valence electrons. The number of ether oxygens (including phenoxy) is 1. The standard InChI is InChI=1S/C24H29NO4S/c1-4-5-6-19-15-16-25(30(27,28)22-13-7-18(2)8-14-22)17-23(19)20-9-11-21(12-10-20)24(26)29-3/h7-14H,4-6,15-17H2,1-3H3. The molecule has 0 saturated carbocycles. The summed E-state index contributed by atoms with van der Waals surface area (Å²) in [5.41, 5.74) is 4.81. The van der Waals surface area contributed by atoms with Gasteiger partial charge in [-0.2, -0.15) is 4.31 Å². The zero-order valence-corrected chi connectivity index (χ0v) is 18.7. The topological polar surface area (TPSA) is 63.7 Å². The number of unbranched alkanes of at least 4 members (excludes halogenated alkanes) is 1. The van der Waals surface area contributed by atoms with Crippen molar-refractivity contribution in [3.8, 4) is 0 Å². The van der Waals surface area contributed by atoms with Crippen LogP contribution in [-0.4, -0.2) is 38.9 Å². The Balaban J connectivity index is 1.93. The van der Waals surface area contributed by atoms with Crippen LogP contribution in [0.25, 0.3) is 5.57 Å². The predicted molar refractivity (Wildman–Crippen MR) is 119 cm³/mol. The molecule has 6 heteroatoms. The molecular formula is C24H29NO4S. The summed E-state index contributed by atoms with van der Waals surface area (Å²) >= 11 is 0. The summed E-state index contributed by atoms with van der Waals surface area (Å²) in [6.45, 7) is 4.92. The van der Waals surface area contributed by atoms with E-state index in [1.165, 1.54) is 12.7 Å². The van der Waals surface area contributed by atoms with E-state index in [1.54, 1.807) is 28.6 Å². The van der Waals surface area contributed by atoms with Gasteiger partial charge in [0, 0.05) is 13.1 Å². The average molecular weight is 428 g/mol. The maximum absolute atomic E-state index is 13.2. The Labute approximate surface area is 179 Å². The summed E-state index contributed by atoms with van der Waals surface area (Å²) in [6.07, 6.45) is 3.84. The minimum atomic E-state index is -3.56. The second kappa shape index (κ2) is 9.58. The normalized spacial score (nSPS) is 15.3. The number of carbonyl (C=O) groups excluding carboxylic acids is 1. The average Bonchev–Trinajstić information content (AvgIpc) is 2.77. The molecule has 0 fully saturated rings. The highest BCUT2D eigenvalue weighted by atomic mass is 32.2. The Morgan fingerprint density at radius 3 is 2.33 bits per heavy atom. The second-order valence-corrected chi connectivity index (χ2v) is 9.59. The summed E-state index contributed by atoms with van der Waals surface area (Å²) in [5, 5.41) is 0. The van der Waals surface area contributed by atoms with E-state index in [-0.39, 0.29) is 5.97 Å². The van der Waals surface area contributed by atoms with Gasteiger partial charge in [-0.1, -0.05) is 48.7 Å². The SMILES string of the molecule is CCCCC1=C(c2ccc(C(=O)OC)cc2)CN(S(=O)(=O)c2ccc(C)cc2)CC1. The molecule has 0 N–H and O–H groups in total. The third-order valence-electron chi connectivity index (χ3n) is 5.57. The molecule has 0 bridgehead atoms. The second-order valence-electron chi connectivity index (χ2n) is 7.66. The van der Waals surface area contributed by atoms with Crippen molar-refractivity contribution >= 4 is 21.6 Å². The molecule has 30 heavy (non-hydrogen) atoms. The largest absolute Gasteiger partial charge is 0.465 e. The minimum absolute atomic E-state index is 0.325. The number of aryl methyl sites for hydroxylation is 1. The molecule has 2 aromatic rings. The van der Waals surface area contributed by atoms with Crippen molar-refractivity contribution in [2.75, 3.05) is 20.2 Å². The van der Waals surface area contributed by atoms with E-state index < -0.39 is 10.0 Å². The van der Waals surface area contributed by atoms with Crippen LogP contribution < -0.4 is 0 Å². The van der Waals surface area contributed by atoms with E-state index in [9.17, 15) is 13.2 Å². The number of benzene rings is 2. The third kappa shape index (κ3) is 4.82. The molecule has 0 amide bonds. The molecule has 5 nitrogen and oxygen atoms in total. The molecule has 0 unspecified atom stereocenters. The van der Waals surface area contributed by atoms with Gasteiger partial charge in [-0.25, -0.2) is 13.2 Å². The van der Waals surface area contributed by atoms with E-state index in [0.29, 0.717) is 23.5 Å². The summed E-state index contributed by atoms with van der Waals surface area (Å²) in [7, 11) is -2.21. The van der Waals surface area contributed by atoms with Crippen molar-refractivity contribution in [2.24, 2.45) is 0 Å². The summed E-state index contributed by atoms with van der Waals surface area (Å²) in [4.78, 5) is 12.1. The molecule has 0 atom stereocenters. The van der Waals surface area contributed by atoms with Crippen molar-refractivity contribution in [3.63, 3.8) is 0 Å². The number of rotatable bonds is 7. The monoisotopic (exact) mass is 427 g/mol. The van der Waals surface area contributed by atoms with Gasteiger partial charge in [-0.3, -0.25) is 0 Å². The number of methoxy groups -OCH3 is 1. The van der Waals surface area contributed by atoms with Crippen LogP contribution in [0, 0.1) is 6.92 Å². The highest BCUT2D eigenvalue weighted by molar-refractivity contribution is 7.89. The van der Waals surface area contributed by atoms with Gasteiger partial charge in [0.1, 0.15) is 0 Å². The van der Waals surface area contributed by atoms with Gasteiger partial charge >= 0.3 is 5.97 Å². The molecule has 1 heterocycles. The van der Waals surface area contributed by atoms with Gasteiger partial charge in [-0.05, 0) is 61.6 Å². The first-order valence-electron chi connectivity index (χ1n) is 10.3. The summed E-state index contributed by atoms with van der Waals surface area (Å²) in [5.74, 6) is -0.381. The van der Waals surface area contributed by atoms with Gasteiger partial charge < -0.3 is 4.74 Å². The van der Waals surface area contributed by atoms with E-state index >= 15 is 0 Å². The Hall–Kier alpha value is -2.44. The molecular weight excluding hydrogens is 398 g/mol. The van der Waals surface area contributed by atoms with E-state index in [0.717, 1.165) is 42.4 Å². The Morgan fingerprint density at radius 2 is 1.73 bits per heavy atom. The highest BCUT2D eigenvalue weighted by Gasteiger charge is 2.30. The van der Waals surface area contributed by atoms with Crippen molar-refractivity contribution in [1.82, 2.24) is 4.31 Å². The van der Waals surface area contributed by atoms with E-state index in [2.05, 4.69) is 6.92 Å². The fourth-order valence-electron chi connectivity index (χ4n) is 3.73. The first kappa shape index (κ1) is 22.2. The number of nitrogens with zero attached hydrogens (tertiary/aromatic N) is 1. The summed E-state index contributed by atoms with van der Waals surface area (Å²) in [6, 6.07) is 14.2. The van der Waals surface area contributed by atoms with Crippen LogP contribution in [0.1, 0.15) is 54.1 Å². The molecule has 0 spiro atoms. The molecule has 1 aliphatic rings. The Bertz CT molecular complexity index is 1020. The number of sulfonamides is 1. The Kier molecular flexibility index (Phi) is 7.10. The molecule has 0 saturated heterocycles. The molecule has 0 aromatic heterocycles. The number of esters is 1. The molecule has 2 aromatic carbocycles. The quantitative estimate of drug-likeness (QED) is 0.594. The van der Waals surface area contributed by atoms with Gasteiger partial charge in [0.25, 0.3) is 0 Å². The van der Waals surface area contributed by atoms with Crippen molar-refractivity contribution in [3.05, 3.63) is 70.8 Å². The maximum Gasteiger partial charge on any atom is 0.337 e. The lowest BCUT2D eigenvalue weighted by Crippen LogP contribution is -2.36. The first-order valence-corrected chi connectivity index (χ1v) is 11.8. The maximum atomic E-state index is 13.2.